The standard InChI is InChI=1S/C19H19FN2O4/c1-12-4-9-17(16(20)10-12)22-18(23)13(2)26-21-11-14-5-7-15(8-6-14)19(24)25-3/h4-11,13H,1-3H3,(H,22,23)/b21-11+. The number of ether oxygens (including phenoxy) is 1. The van der Waals surface area contributed by atoms with Crippen molar-refractivity contribution in [3.8, 4) is 0 Å². The predicted octanol–water partition coefficient (Wildman–Crippen LogP) is 3.30. The number of benzene rings is 2. The fourth-order valence-electron chi connectivity index (χ4n) is 2.01. The maximum absolute atomic E-state index is 13.7. The van der Waals surface area contributed by atoms with E-state index in [1.807, 2.05) is 0 Å². The number of nitrogens with zero attached hydrogens (tertiary/aromatic N) is 1. The summed E-state index contributed by atoms with van der Waals surface area (Å²) in [5.74, 6) is -1.47. The van der Waals surface area contributed by atoms with Crippen molar-refractivity contribution >= 4 is 23.8 Å². The Morgan fingerprint density at radius 3 is 2.50 bits per heavy atom. The van der Waals surface area contributed by atoms with Gasteiger partial charge in [0.05, 0.1) is 24.6 Å². The molecule has 0 spiro atoms. The normalized spacial score (nSPS) is 11.8. The van der Waals surface area contributed by atoms with Crippen LogP contribution in [0.15, 0.2) is 47.6 Å². The van der Waals surface area contributed by atoms with Crippen LogP contribution in [0.5, 0.6) is 0 Å². The molecule has 2 aromatic rings. The summed E-state index contributed by atoms with van der Waals surface area (Å²) in [6.45, 7) is 3.26. The van der Waals surface area contributed by atoms with E-state index in [0.717, 1.165) is 5.56 Å². The van der Waals surface area contributed by atoms with Crippen LogP contribution in [0.4, 0.5) is 10.1 Å². The molecular formula is C19H19FN2O4. The number of anilines is 1. The highest BCUT2D eigenvalue weighted by Gasteiger charge is 2.16. The van der Waals surface area contributed by atoms with Gasteiger partial charge in [-0.25, -0.2) is 9.18 Å². The van der Waals surface area contributed by atoms with E-state index in [1.54, 1.807) is 37.3 Å². The summed E-state index contributed by atoms with van der Waals surface area (Å²) in [5.41, 5.74) is 1.93. The van der Waals surface area contributed by atoms with Crippen LogP contribution in [-0.2, 0) is 14.4 Å². The molecule has 0 bridgehead atoms. The SMILES string of the molecule is COC(=O)c1ccc(/C=N/OC(C)C(=O)Nc2ccc(C)cc2F)cc1. The van der Waals surface area contributed by atoms with Gasteiger partial charge in [-0.2, -0.15) is 0 Å². The molecule has 0 aliphatic carbocycles. The molecule has 0 aromatic heterocycles. The molecule has 0 aliphatic heterocycles. The Morgan fingerprint density at radius 1 is 1.19 bits per heavy atom. The highest BCUT2D eigenvalue weighted by Crippen LogP contribution is 2.15. The van der Waals surface area contributed by atoms with E-state index >= 15 is 0 Å². The first-order chi connectivity index (χ1) is 12.4. The molecule has 26 heavy (non-hydrogen) atoms. The van der Waals surface area contributed by atoms with Crippen LogP contribution in [0, 0.1) is 12.7 Å². The number of esters is 1. The second kappa shape index (κ2) is 8.75. The van der Waals surface area contributed by atoms with Crippen molar-refractivity contribution in [2.45, 2.75) is 20.0 Å². The molecule has 0 heterocycles. The Bertz CT molecular complexity index is 819. The molecule has 136 valence electrons. The van der Waals surface area contributed by atoms with Crippen molar-refractivity contribution < 1.29 is 23.6 Å². The van der Waals surface area contributed by atoms with Gasteiger partial charge in [-0.05, 0) is 49.2 Å². The Balaban J connectivity index is 1.90. The molecule has 0 saturated carbocycles. The fourth-order valence-corrected chi connectivity index (χ4v) is 2.01. The van der Waals surface area contributed by atoms with Crippen LogP contribution in [0.3, 0.4) is 0 Å². The highest BCUT2D eigenvalue weighted by molar-refractivity contribution is 5.94. The van der Waals surface area contributed by atoms with E-state index in [-0.39, 0.29) is 5.69 Å². The smallest absolute Gasteiger partial charge is 0.337 e. The van der Waals surface area contributed by atoms with Crippen LogP contribution < -0.4 is 5.32 Å². The van der Waals surface area contributed by atoms with Gasteiger partial charge in [0.15, 0.2) is 0 Å². The quantitative estimate of drug-likeness (QED) is 0.488. The molecule has 0 aliphatic rings. The molecule has 6 nitrogen and oxygen atoms in total. The van der Waals surface area contributed by atoms with Crippen molar-refractivity contribution in [2.75, 3.05) is 12.4 Å². The number of nitrogens with one attached hydrogen (secondary N) is 1. The minimum absolute atomic E-state index is 0.0819. The van der Waals surface area contributed by atoms with Crippen molar-refractivity contribution in [3.63, 3.8) is 0 Å². The van der Waals surface area contributed by atoms with Crippen LogP contribution in [0.2, 0.25) is 0 Å². The molecule has 1 N–H and O–H groups in total. The van der Waals surface area contributed by atoms with Gasteiger partial charge in [0.2, 0.25) is 6.10 Å². The zero-order valence-corrected chi connectivity index (χ0v) is 14.7. The molecule has 1 amide bonds. The number of rotatable bonds is 6. The lowest BCUT2D eigenvalue weighted by molar-refractivity contribution is -0.126. The summed E-state index contributed by atoms with van der Waals surface area (Å²) in [5, 5.41) is 6.19. The first-order valence-corrected chi connectivity index (χ1v) is 7.85. The van der Waals surface area contributed by atoms with Crippen LogP contribution in [0.25, 0.3) is 0 Å². The van der Waals surface area contributed by atoms with E-state index in [1.165, 1.54) is 32.4 Å². The second-order valence-corrected chi connectivity index (χ2v) is 5.57. The number of carbonyl (C=O) groups excluding carboxylic acids is 2. The van der Waals surface area contributed by atoms with Gasteiger partial charge in [0, 0.05) is 0 Å². The summed E-state index contributed by atoms with van der Waals surface area (Å²) in [4.78, 5) is 28.4. The topological polar surface area (TPSA) is 77.0 Å². The summed E-state index contributed by atoms with van der Waals surface area (Å²) >= 11 is 0. The van der Waals surface area contributed by atoms with Crippen molar-refractivity contribution in [1.82, 2.24) is 0 Å². The van der Waals surface area contributed by atoms with E-state index in [9.17, 15) is 14.0 Å². The first-order valence-electron chi connectivity index (χ1n) is 7.85. The monoisotopic (exact) mass is 358 g/mol. The Labute approximate surface area is 150 Å². The zero-order chi connectivity index (χ0) is 19.1. The lowest BCUT2D eigenvalue weighted by Gasteiger charge is -2.11. The highest BCUT2D eigenvalue weighted by atomic mass is 19.1. The average Bonchev–Trinajstić information content (AvgIpc) is 2.63. The van der Waals surface area contributed by atoms with E-state index in [0.29, 0.717) is 11.1 Å². The van der Waals surface area contributed by atoms with Crippen LogP contribution in [0.1, 0.15) is 28.4 Å². The minimum atomic E-state index is -0.915. The molecule has 7 heteroatoms. The largest absolute Gasteiger partial charge is 0.465 e. The number of halogens is 1. The molecule has 0 saturated heterocycles. The molecule has 1 unspecified atom stereocenters. The van der Waals surface area contributed by atoms with E-state index in [2.05, 4.69) is 15.2 Å². The van der Waals surface area contributed by atoms with Gasteiger partial charge in [-0.1, -0.05) is 23.4 Å². The number of amides is 1. The molecule has 2 aromatic carbocycles. The predicted molar refractivity (Wildman–Crippen MR) is 95.7 cm³/mol. The maximum atomic E-state index is 13.7. The van der Waals surface area contributed by atoms with Gasteiger partial charge >= 0.3 is 5.97 Å². The van der Waals surface area contributed by atoms with Gasteiger partial charge < -0.3 is 14.9 Å². The third-order valence-electron chi connectivity index (χ3n) is 3.50. The van der Waals surface area contributed by atoms with Gasteiger partial charge in [0.1, 0.15) is 5.82 Å². The molecule has 0 fully saturated rings. The Morgan fingerprint density at radius 2 is 1.88 bits per heavy atom. The van der Waals surface area contributed by atoms with Crippen LogP contribution in [-0.4, -0.2) is 31.3 Å². The number of methoxy groups -OCH3 is 1. The van der Waals surface area contributed by atoms with E-state index < -0.39 is 23.8 Å². The van der Waals surface area contributed by atoms with Crippen molar-refractivity contribution in [2.24, 2.45) is 5.16 Å². The number of hydrogen-bond acceptors (Lipinski definition) is 5. The molecular weight excluding hydrogens is 339 g/mol. The lowest BCUT2D eigenvalue weighted by atomic mass is 10.1. The van der Waals surface area contributed by atoms with E-state index in [4.69, 9.17) is 4.84 Å². The number of oxime groups is 1. The maximum Gasteiger partial charge on any atom is 0.337 e. The third kappa shape index (κ3) is 5.14. The first kappa shape index (κ1) is 19.1. The Hall–Kier alpha value is -3.22. The van der Waals surface area contributed by atoms with Gasteiger partial charge in [-0.15, -0.1) is 0 Å². The van der Waals surface area contributed by atoms with Crippen molar-refractivity contribution in [1.29, 1.82) is 0 Å². The summed E-state index contributed by atoms with van der Waals surface area (Å²) in [7, 11) is 1.31. The molecule has 0 radical (unpaired) electrons. The van der Waals surface area contributed by atoms with Crippen molar-refractivity contribution in [3.05, 3.63) is 65.0 Å². The van der Waals surface area contributed by atoms with Gasteiger partial charge in [0.25, 0.3) is 5.91 Å². The second-order valence-electron chi connectivity index (χ2n) is 5.57. The van der Waals surface area contributed by atoms with Crippen LogP contribution >= 0.6 is 0 Å². The average molecular weight is 358 g/mol. The summed E-state index contributed by atoms with van der Waals surface area (Å²) in [6.07, 6.45) is 0.485. The zero-order valence-electron chi connectivity index (χ0n) is 14.7. The Kier molecular flexibility index (Phi) is 6.43. The molecule has 2 rings (SSSR count). The number of aryl methyl sites for hydroxylation is 1. The third-order valence-corrected chi connectivity index (χ3v) is 3.50. The fraction of sp³-hybridized carbons (Fsp3) is 0.211. The molecule has 1 atom stereocenters. The minimum Gasteiger partial charge on any atom is -0.465 e. The summed E-state index contributed by atoms with van der Waals surface area (Å²) < 4.78 is 18.4. The lowest BCUT2D eigenvalue weighted by Crippen LogP contribution is -2.26. The van der Waals surface area contributed by atoms with Gasteiger partial charge in [-0.3, -0.25) is 4.79 Å². The summed E-state index contributed by atoms with van der Waals surface area (Å²) in [6, 6.07) is 11.0. The number of carbonyl (C=O) groups is 2. The number of hydrogen-bond donors (Lipinski definition) is 1.